The predicted octanol–water partition coefficient (Wildman–Crippen LogP) is 5.78. The van der Waals surface area contributed by atoms with Crippen molar-refractivity contribution in [1.29, 1.82) is 0 Å². The van der Waals surface area contributed by atoms with Gasteiger partial charge in [0.25, 0.3) is 0 Å². The zero-order valence-corrected chi connectivity index (χ0v) is 33.9. The molecule has 0 bridgehead atoms. The Bertz CT molecular complexity index is 1930. The smallest absolute Gasteiger partial charge is 0.870 e. The Morgan fingerprint density at radius 1 is 0.710 bits per heavy atom. The van der Waals surface area contributed by atoms with E-state index in [0.29, 0.717) is 30.7 Å². The van der Waals surface area contributed by atoms with E-state index in [1.54, 1.807) is 41.5 Å². The summed E-state index contributed by atoms with van der Waals surface area (Å²) in [5, 5.41) is 21.1. The van der Waals surface area contributed by atoms with E-state index in [-0.39, 0.29) is 56.9 Å². The van der Waals surface area contributed by atoms with Gasteiger partial charge >= 0.3 is 42.9 Å². The van der Waals surface area contributed by atoms with Gasteiger partial charge in [0.1, 0.15) is 29.4 Å². The van der Waals surface area contributed by atoms with Gasteiger partial charge < -0.3 is 24.8 Å². The van der Waals surface area contributed by atoms with Gasteiger partial charge in [0.05, 0.1) is 30.7 Å². The third-order valence-corrected chi connectivity index (χ3v) is 7.99. The second-order valence-electron chi connectivity index (χ2n) is 15.1. The van der Waals surface area contributed by atoms with Crippen LogP contribution in [0.4, 0.5) is 31.1 Å². The fourth-order valence-electron chi connectivity index (χ4n) is 5.60. The van der Waals surface area contributed by atoms with E-state index in [2.05, 4.69) is 0 Å². The molecule has 3 atom stereocenters. The number of ether oxygens (including phenoxy) is 3. The number of esters is 2. The molecule has 1 heterocycles. The summed E-state index contributed by atoms with van der Waals surface area (Å²) < 4.78 is 96.4. The van der Waals surface area contributed by atoms with E-state index >= 15 is 0 Å². The van der Waals surface area contributed by atoms with Crippen molar-refractivity contribution in [1.82, 2.24) is 4.90 Å². The van der Waals surface area contributed by atoms with Crippen LogP contribution in [-0.2, 0) is 52.7 Å². The molecule has 0 spiro atoms. The number of nitrogens with zero attached hydrogens (tertiary/aromatic N) is 1. The Balaban J connectivity index is -0.00000109. The molecule has 3 aromatic carbocycles. The third-order valence-electron chi connectivity index (χ3n) is 7.99. The summed E-state index contributed by atoms with van der Waals surface area (Å²) in [6, 6.07) is 10.4. The first-order chi connectivity index (χ1) is 26.9. The Morgan fingerprint density at radius 2 is 1.10 bits per heavy atom. The molecule has 4 N–H and O–H groups in total. The number of hydrogen-bond donors (Lipinski definition) is 3. The maximum Gasteiger partial charge on any atom is 1.00 e. The van der Waals surface area contributed by atoms with Crippen molar-refractivity contribution in [2.24, 2.45) is 11.8 Å². The molecular weight excluding hydrogens is 831 g/mol. The summed E-state index contributed by atoms with van der Waals surface area (Å²) in [7, 11) is 0. The van der Waals surface area contributed by atoms with E-state index < -0.39 is 120 Å². The molecule has 0 aromatic heterocycles. The topological polar surface area (TPSA) is 207 Å². The summed E-state index contributed by atoms with van der Waals surface area (Å²) in [4.78, 5) is 62.1. The molecule has 1 saturated heterocycles. The summed E-state index contributed by atoms with van der Waals surface area (Å²) in [6.07, 6.45) is -2.44. The van der Waals surface area contributed by atoms with E-state index in [9.17, 15) is 50.3 Å². The van der Waals surface area contributed by atoms with E-state index in [1.807, 2.05) is 30.3 Å². The van der Waals surface area contributed by atoms with Crippen molar-refractivity contribution in [3.63, 3.8) is 0 Å². The fraction of sp³-hybridized carbons (Fsp3) is 0.452. The van der Waals surface area contributed by atoms with Crippen LogP contribution >= 0.6 is 0 Å². The maximum absolute atomic E-state index is 14.3. The summed E-state index contributed by atoms with van der Waals surface area (Å²) in [6.45, 7) is 9.75. The number of benzene rings is 3. The van der Waals surface area contributed by atoms with Crippen LogP contribution in [0.3, 0.4) is 0 Å². The second-order valence-corrected chi connectivity index (χ2v) is 15.1. The molecule has 0 unspecified atom stereocenters. The van der Waals surface area contributed by atoms with Crippen LogP contribution in [0.5, 0.6) is 0 Å². The molecule has 13 nitrogen and oxygen atoms in total. The van der Waals surface area contributed by atoms with E-state index in [0.717, 1.165) is 10.5 Å². The number of hydrogen-bond acceptors (Lipinski definition) is 11. The Kier molecular flexibility index (Phi) is 26.9. The van der Waals surface area contributed by atoms with Crippen LogP contribution in [0.1, 0.15) is 85.9 Å². The van der Waals surface area contributed by atoms with E-state index in [4.69, 9.17) is 29.8 Å². The van der Waals surface area contributed by atoms with Crippen LogP contribution < -0.4 is 18.9 Å². The van der Waals surface area contributed by atoms with Gasteiger partial charge in [-0.1, -0.05) is 45.2 Å². The number of carbonyl (C=O) groups excluding carboxylic acids is 4. The Morgan fingerprint density at radius 3 is 1.50 bits per heavy atom. The number of aliphatic carboxylic acids is 1. The summed E-state index contributed by atoms with van der Waals surface area (Å²) >= 11 is 0. The van der Waals surface area contributed by atoms with Crippen molar-refractivity contribution >= 4 is 29.9 Å². The van der Waals surface area contributed by atoms with Crippen molar-refractivity contribution in [2.45, 2.75) is 106 Å². The number of imide groups is 1. The molecule has 3 aromatic rings. The molecule has 62 heavy (non-hydrogen) atoms. The number of halogens is 6. The minimum Gasteiger partial charge on any atom is -0.870 e. The first-order valence-electron chi connectivity index (χ1n) is 17.6. The van der Waals surface area contributed by atoms with Gasteiger partial charge in [-0.05, 0) is 89.6 Å². The van der Waals surface area contributed by atoms with Gasteiger partial charge in [-0.15, -0.1) is 0 Å². The van der Waals surface area contributed by atoms with Crippen molar-refractivity contribution < 1.29 is 104 Å². The zero-order valence-electron chi connectivity index (χ0n) is 33.9. The number of rotatable bonds is 12. The van der Waals surface area contributed by atoms with Gasteiger partial charge in [-0.25, -0.2) is 36.0 Å². The molecule has 4 rings (SSSR count). The van der Waals surface area contributed by atoms with Gasteiger partial charge in [0, 0.05) is 12.1 Å². The molecule has 1 aliphatic heterocycles. The molecule has 0 radical (unpaired) electrons. The molecule has 20 heteroatoms. The third kappa shape index (κ3) is 19.8. The molecule has 0 saturated carbocycles. The van der Waals surface area contributed by atoms with Gasteiger partial charge in [-0.3, -0.25) is 29.7 Å². The summed E-state index contributed by atoms with van der Waals surface area (Å²) in [5.74, 6) is -13.6. The first-order valence-corrected chi connectivity index (χ1v) is 17.6. The predicted molar refractivity (Wildman–Crippen MR) is 208 cm³/mol. The second kappa shape index (κ2) is 27.2. The van der Waals surface area contributed by atoms with Gasteiger partial charge in [0.2, 0.25) is 5.91 Å². The molecule has 0 aliphatic carbocycles. The van der Waals surface area contributed by atoms with Crippen LogP contribution in [0.25, 0.3) is 0 Å². The number of carbonyl (C=O) groups is 5. The molecule has 342 valence electrons. The number of carboxylic acid groups (broad SMARTS) is 1. The maximum atomic E-state index is 14.3. The SMILES string of the molecule is C.C.CC(C)(C)OC(=O)C[C@@H](Cc1cc(F)c(F)cc1F)C(=O)N1C(=O)OC[C@@H]1Cc1ccccc1.CC(C)(C)OC(=O)C[C@@H](Cc1cc(F)c(F)cc1F)C(=O)O.OO.[Li+].[OH-]. The van der Waals surface area contributed by atoms with Crippen molar-refractivity contribution in [2.75, 3.05) is 6.61 Å². The molecular formula is C42H54F6LiNO12. The zero-order chi connectivity index (χ0) is 44.1. The minimum absolute atomic E-state index is 0. The standard InChI is InChI=1S/C25H26F3NO5.C15H17F3O4.2CH4.Li.H2O2.H2O/c1-25(2,3)34-22(30)12-17(10-16-11-20(27)21(28)13-19(16)26)23(31)29-18(14-33-24(29)32)9-15-7-5-4-6-8-15;1-15(2,3)22-13(19)6-9(14(20)21)4-8-5-11(17)12(18)7-10(8)16;;;;1-2;/h4-8,11,13,17-18H,9-10,12,14H2,1-3H3;5,7,9H,4,6H2,1-3H3,(H,20,21);2*1H4;;1-2H;1H2/q;;;;+1;;/p-1/t17-,18+;9-;;;;;/m11...../s1. The average molecular weight is 886 g/mol. The Hall–Kier alpha value is -4.93. The van der Waals surface area contributed by atoms with Gasteiger partial charge in [-0.2, -0.15) is 0 Å². The minimum atomic E-state index is -1.37. The van der Waals surface area contributed by atoms with E-state index in [1.165, 1.54) is 0 Å². The number of amides is 2. The number of cyclic esters (lactones) is 1. The molecule has 1 aliphatic rings. The average Bonchev–Trinajstić information content (AvgIpc) is 3.47. The largest absolute Gasteiger partial charge is 1.00 e. The van der Waals surface area contributed by atoms with Crippen LogP contribution in [-0.4, -0.2) is 79.8 Å². The fourth-order valence-corrected chi connectivity index (χ4v) is 5.60. The normalized spacial score (nSPS) is 13.9. The monoisotopic (exact) mass is 885 g/mol. The first kappa shape index (κ1) is 61.4. The van der Waals surface area contributed by atoms with Crippen molar-refractivity contribution in [3.05, 3.63) is 106 Å². The van der Waals surface area contributed by atoms with Crippen molar-refractivity contribution in [3.8, 4) is 0 Å². The van der Waals surface area contributed by atoms with Crippen LogP contribution in [0.15, 0.2) is 54.6 Å². The van der Waals surface area contributed by atoms with Gasteiger partial charge in [0.15, 0.2) is 23.3 Å². The van der Waals surface area contributed by atoms with Crippen LogP contribution in [0, 0.1) is 46.7 Å². The molecule has 2 amide bonds. The molecule has 1 fully saturated rings. The quantitative estimate of drug-likeness (QED) is 0.0377. The summed E-state index contributed by atoms with van der Waals surface area (Å²) in [5.41, 5.74) is -1.38. The number of carboxylic acids is 1. The Labute approximate surface area is 368 Å². The van der Waals surface area contributed by atoms with Crippen LogP contribution in [0.2, 0.25) is 0 Å².